The number of benzene rings is 1. The van der Waals surface area contributed by atoms with E-state index in [2.05, 4.69) is 30.2 Å². The molecule has 0 heterocycles. The molecule has 0 atom stereocenters. The quantitative estimate of drug-likeness (QED) is 0.206. The standard InChI is InChI=1S/C16H30O4.C8H8/c1-3-5-7-9-11-13-15(17)19-20-16(18)14-12-10-8-6-4-2;1-2-8-6-4-3-5-7-8/h3-14H2,1-2H3;2-7H,1H2. The molecular weight excluding hydrogens is 352 g/mol. The Bertz CT molecular complexity index is 485. The van der Waals surface area contributed by atoms with Gasteiger partial charge in [0.05, 0.1) is 12.8 Å². The average molecular weight is 391 g/mol. The third-order valence-electron chi connectivity index (χ3n) is 4.23. The highest BCUT2D eigenvalue weighted by Crippen LogP contribution is 2.08. The maximum Gasteiger partial charge on any atom is 0.355 e. The second kappa shape index (κ2) is 19.7. The molecule has 0 radical (unpaired) electrons. The first-order chi connectivity index (χ1) is 13.6. The van der Waals surface area contributed by atoms with E-state index in [4.69, 9.17) is 0 Å². The van der Waals surface area contributed by atoms with Crippen LogP contribution in [0, 0.1) is 0 Å². The predicted molar refractivity (Wildman–Crippen MR) is 115 cm³/mol. The minimum Gasteiger partial charge on any atom is -0.247 e. The van der Waals surface area contributed by atoms with Crippen LogP contribution >= 0.6 is 0 Å². The summed E-state index contributed by atoms with van der Waals surface area (Å²) in [6, 6.07) is 10.0. The molecular formula is C24H38O4. The molecule has 0 fully saturated rings. The lowest BCUT2D eigenvalue weighted by Gasteiger charge is -2.03. The average Bonchev–Trinajstić information content (AvgIpc) is 2.73. The van der Waals surface area contributed by atoms with Crippen molar-refractivity contribution in [2.45, 2.75) is 90.9 Å². The summed E-state index contributed by atoms with van der Waals surface area (Å²) in [5.41, 5.74) is 1.17. The Morgan fingerprint density at radius 3 is 1.54 bits per heavy atom. The summed E-state index contributed by atoms with van der Waals surface area (Å²) in [5.74, 6) is -0.887. The maximum atomic E-state index is 11.3. The van der Waals surface area contributed by atoms with E-state index < -0.39 is 11.9 Å². The van der Waals surface area contributed by atoms with Gasteiger partial charge in [0.15, 0.2) is 0 Å². The number of unbranched alkanes of at least 4 members (excludes halogenated alkanes) is 8. The van der Waals surface area contributed by atoms with Crippen molar-refractivity contribution in [1.82, 2.24) is 0 Å². The fourth-order valence-corrected chi connectivity index (χ4v) is 2.51. The van der Waals surface area contributed by atoms with Crippen molar-refractivity contribution in [3.8, 4) is 0 Å². The molecule has 4 nitrogen and oxygen atoms in total. The summed E-state index contributed by atoms with van der Waals surface area (Å²) >= 11 is 0. The molecule has 0 saturated carbocycles. The largest absolute Gasteiger partial charge is 0.355 e. The Morgan fingerprint density at radius 1 is 0.750 bits per heavy atom. The number of carbonyl (C=O) groups is 2. The van der Waals surface area contributed by atoms with Gasteiger partial charge in [-0.1, -0.05) is 108 Å². The summed E-state index contributed by atoms with van der Waals surface area (Å²) < 4.78 is 0. The lowest BCUT2D eigenvalue weighted by molar-refractivity contribution is -0.259. The van der Waals surface area contributed by atoms with Crippen molar-refractivity contribution in [1.29, 1.82) is 0 Å². The van der Waals surface area contributed by atoms with Gasteiger partial charge in [-0.3, -0.25) is 0 Å². The van der Waals surface area contributed by atoms with Crippen molar-refractivity contribution >= 4 is 18.0 Å². The summed E-state index contributed by atoms with van der Waals surface area (Å²) in [6.07, 6.45) is 13.2. The van der Waals surface area contributed by atoms with Crippen LogP contribution in [0.4, 0.5) is 0 Å². The second-order valence-corrected chi connectivity index (χ2v) is 6.85. The van der Waals surface area contributed by atoms with Gasteiger partial charge in [-0.2, -0.15) is 0 Å². The molecule has 0 N–H and O–H groups in total. The molecule has 1 aromatic rings. The Morgan fingerprint density at radius 2 is 1.18 bits per heavy atom. The fraction of sp³-hybridized carbons (Fsp3) is 0.583. The van der Waals surface area contributed by atoms with Gasteiger partial charge in [0.2, 0.25) is 0 Å². The lowest BCUT2D eigenvalue weighted by Crippen LogP contribution is -2.11. The van der Waals surface area contributed by atoms with Crippen LogP contribution in [-0.2, 0) is 19.4 Å². The van der Waals surface area contributed by atoms with E-state index in [1.165, 1.54) is 31.2 Å². The summed E-state index contributed by atoms with van der Waals surface area (Å²) in [5, 5.41) is 0. The Labute approximate surface area is 171 Å². The van der Waals surface area contributed by atoms with E-state index in [9.17, 15) is 9.59 Å². The number of hydrogen-bond acceptors (Lipinski definition) is 4. The van der Waals surface area contributed by atoms with Crippen LogP contribution in [0.15, 0.2) is 36.9 Å². The molecule has 1 rings (SSSR count). The van der Waals surface area contributed by atoms with Crippen LogP contribution in [0.5, 0.6) is 0 Å². The minimum absolute atomic E-state index is 0.327. The third-order valence-corrected chi connectivity index (χ3v) is 4.23. The Kier molecular flexibility index (Phi) is 18.2. The number of hydrogen-bond donors (Lipinski definition) is 0. The third kappa shape index (κ3) is 17.3. The van der Waals surface area contributed by atoms with Crippen LogP contribution in [0.2, 0.25) is 0 Å². The van der Waals surface area contributed by atoms with Crippen molar-refractivity contribution in [3.63, 3.8) is 0 Å². The van der Waals surface area contributed by atoms with Gasteiger partial charge in [0.1, 0.15) is 0 Å². The SMILES string of the molecule is C=Cc1ccccc1.CCCCCCCC(=O)OOC(=O)CCCCCCC. The van der Waals surface area contributed by atoms with Crippen LogP contribution in [0.1, 0.15) is 96.5 Å². The molecule has 0 aliphatic rings. The first-order valence-electron chi connectivity index (χ1n) is 10.7. The minimum atomic E-state index is -0.444. The molecule has 0 unspecified atom stereocenters. The van der Waals surface area contributed by atoms with Crippen LogP contribution < -0.4 is 0 Å². The summed E-state index contributed by atoms with van der Waals surface area (Å²) in [4.78, 5) is 31.6. The van der Waals surface area contributed by atoms with E-state index in [-0.39, 0.29) is 0 Å². The first kappa shape index (κ1) is 25.9. The molecule has 0 spiro atoms. The van der Waals surface area contributed by atoms with Crippen LogP contribution in [0.25, 0.3) is 6.08 Å². The highest BCUT2D eigenvalue weighted by atomic mass is 17.2. The number of carbonyl (C=O) groups excluding carboxylic acids is 2. The molecule has 4 heteroatoms. The summed E-state index contributed by atoms with van der Waals surface area (Å²) in [6.45, 7) is 7.93. The van der Waals surface area contributed by atoms with Gasteiger partial charge in [0.25, 0.3) is 0 Å². The molecule has 158 valence electrons. The van der Waals surface area contributed by atoms with E-state index in [0.29, 0.717) is 12.8 Å². The summed E-state index contributed by atoms with van der Waals surface area (Å²) in [7, 11) is 0. The zero-order chi connectivity index (χ0) is 20.9. The van der Waals surface area contributed by atoms with E-state index >= 15 is 0 Å². The molecule has 28 heavy (non-hydrogen) atoms. The Hall–Kier alpha value is -2.10. The van der Waals surface area contributed by atoms with Crippen LogP contribution in [0.3, 0.4) is 0 Å². The van der Waals surface area contributed by atoms with Gasteiger partial charge in [-0.05, 0) is 18.4 Å². The van der Waals surface area contributed by atoms with Gasteiger partial charge in [-0.25, -0.2) is 19.4 Å². The van der Waals surface area contributed by atoms with E-state index in [1.54, 1.807) is 0 Å². The molecule has 1 aromatic carbocycles. The highest BCUT2D eigenvalue weighted by molar-refractivity contribution is 5.72. The Balaban J connectivity index is 0.000000749. The van der Waals surface area contributed by atoms with Crippen molar-refractivity contribution in [2.75, 3.05) is 0 Å². The monoisotopic (exact) mass is 390 g/mol. The van der Waals surface area contributed by atoms with Gasteiger partial charge >= 0.3 is 11.9 Å². The highest BCUT2D eigenvalue weighted by Gasteiger charge is 2.09. The topological polar surface area (TPSA) is 52.6 Å². The smallest absolute Gasteiger partial charge is 0.247 e. The fourth-order valence-electron chi connectivity index (χ4n) is 2.51. The van der Waals surface area contributed by atoms with E-state index in [1.807, 2.05) is 36.4 Å². The van der Waals surface area contributed by atoms with Crippen LogP contribution in [-0.4, -0.2) is 11.9 Å². The maximum absolute atomic E-state index is 11.3. The van der Waals surface area contributed by atoms with Crippen molar-refractivity contribution < 1.29 is 19.4 Å². The van der Waals surface area contributed by atoms with Gasteiger partial charge in [0, 0.05) is 0 Å². The molecule has 0 aliphatic heterocycles. The first-order valence-corrected chi connectivity index (χ1v) is 10.7. The molecule has 0 aromatic heterocycles. The van der Waals surface area contributed by atoms with Gasteiger partial charge < -0.3 is 0 Å². The van der Waals surface area contributed by atoms with Crippen molar-refractivity contribution in [3.05, 3.63) is 42.5 Å². The van der Waals surface area contributed by atoms with Gasteiger partial charge in [-0.15, -0.1) is 0 Å². The molecule has 0 saturated heterocycles. The normalized spacial score (nSPS) is 9.79. The van der Waals surface area contributed by atoms with Crippen molar-refractivity contribution in [2.24, 2.45) is 0 Å². The molecule has 0 amide bonds. The zero-order valence-electron chi connectivity index (χ0n) is 17.8. The van der Waals surface area contributed by atoms with E-state index in [0.717, 1.165) is 38.5 Å². The number of rotatable bonds is 13. The molecule has 0 aliphatic carbocycles. The zero-order valence-corrected chi connectivity index (χ0v) is 17.8. The molecule has 0 bridgehead atoms. The predicted octanol–water partition coefficient (Wildman–Crippen LogP) is 7.04. The second-order valence-electron chi connectivity index (χ2n) is 6.85. The lowest BCUT2D eigenvalue weighted by atomic mass is 10.1.